The zero-order valence-corrected chi connectivity index (χ0v) is 33.5. The van der Waals surface area contributed by atoms with Gasteiger partial charge < -0.3 is 31.9 Å². The van der Waals surface area contributed by atoms with Gasteiger partial charge in [-0.15, -0.1) is 0 Å². The molecule has 2 aromatic carbocycles. The summed E-state index contributed by atoms with van der Waals surface area (Å²) in [4.78, 5) is 64.5. The SMILES string of the molecule is COC(=O)C(F)(F)S(=O)(=O)F.Nc1ncc(Br)nc1C(=O)Nc1ccc(F)cc1.Nc1ncc(Br)nc1C(=O)O.O=C(Nc1ccc(F)cc1)c1nc(C(F)(F)F)cnc1F. The molecule has 0 fully saturated rings. The summed E-state index contributed by atoms with van der Waals surface area (Å²) in [5.41, 5.74) is 8.46. The number of alkyl halides is 5. The summed E-state index contributed by atoms with van der Waals surface area (Å²) < 4.78 is 134. The van der Waals surface area contributed by atoms with E-state index >= 15 is 0 Å². The van der Waals surface area contributed by atoms with E-state index in [9.17, 15) is 66.6 Å². The van der Waals surface area contributed by atoms with Crippen LogP contribution in [-0.2, 0) is 25.9 Å². The van der Waals surface area contributed by atoms with Crippen molar-refractivity contribution >= 4 is 88.8 Å². The molecule has 0 aliphatic rings. The van der Waals surface area contributed by atoms with Gasteiger partial charge in [0.25, 0.3) is 11.8 Å². The minimum absolute atomic E-state index is 0.00806. The van der Waals surface area contributed by atoms with Crippen LogP contribution < -0.4 is 22.1 Å². The van der Waals surface area contributed by atoms with E-state index < -0.39 is 68.6 Å². The third-order valence-electron chi connectivity index (χ3n) is 6.13. The highest BCUT2D eigenvalue weighted by Gasteiger charge is 2.55. The van der Waals surface area contributed by atoms with Crippen LogP contribution in [0.25, 0.3) is 0 Å². The lowest BCUT2D eigenvalue weighted by molar-refractivity contribution is -0.157. The Hall–Kier alpha value is -6.56. The Morgan fingerprint density at radius 1 is 0.689 bits per heavy atom. The van der Waals surface area contributed by atoms with Crippen LogP contribution in [0.1, 0.15) is 37.2 Å². The summed E-state index contributed by atoms with van der Waals surface area (Å²) in [5.74, 6) is -7.81. The maximum Gasteiger partial charge on any atom is 0.470 e. The van der Waals surface area contributed by atoms with Crippen molar-refractivity contribution < 1.29 is 76.4 Å². The number of nitrogen functional groups attached to an aromatic ring is 2. The van der Waals surface area contributed by atoms with Crippen LogP contribution in [0.15, 0.2) is 76.3 Å². The Labute approximate surface area is 351 Å². The molecule has 0 aliphatic heterocycles. The molecular formula is C31H21Br2F9N10O8S. The first-order valence-corrected chi connectivity index (χ1v) is 18.1. The van der Waals surface area contributed by atoms with Gasteiger partial charge in [-0.25, -0.2) is 48.3 Å². The number of carboxylic acid groups (broad SMARTS) is 1. The van der Waals surface area contributed by atoms with Crippen LogP contribution in [0.5, 0.6) is 0 Å². The number of hydrogen-bond donors (Lipinski definition) is 5. The van der Waals surface area contributed by atoms with Crippen molar-refractivity contribution in [2.75, 3.05) is 29.2 Å². The Morgan fingerprint density at radius 3 is 1.46 bits per heavy atom. The number of hydrogen-bond acceptors (Lipinski definition) is 15. The molecule has 3 aromatic heterocycles. The van der Waals surface area contributed by atoms with E-state index in [1.807, 2.05) is 0 Å². The summed E-state index contributed by atoms with van der Waals surface area (Å²) in [6.07, 6.45) is -1.94. The fourth-order valence-electron chi connectivity index (χ4n) is 3.40. The van der Waals surface area contributed by atoms with Crippen LogP contribution in [0.2, 0.25) is 0 Å². The Bertz CT molecular complexity index is 2490. The van der Waals surface area contributed by atoms with Gasteiger partial charge in [-0.1, -0.05) is 3.89 Å². The van der Waals surface area contributed by atoms with Gasteiger partial charge >= 0.3 is 33.6 Å². The van der Waals surface area contributed by atoms with Gasteiger partial charge in [-0.2, -0.15) is 34.8 Å². The number of ether oxygens (including phenoxy) is 1. The van der Waals surface area contributed by atoms with E-state index in [-0.39, 0.29) is 40.7 Å². The van der Waals surface area contributed by atoms with E-state index in [1.54, 1.807) is 0 Å². The number of anilines is 4. The largest absolute Gasteiger partial charge is 0.476 e. The van der Waals surface area contributed by atoms with Gasteiger partial charge in [-0.3, -0.25) is 9.59 Å². The predicted molar refractivity (Wildman–Crippen MR) is 198 cm³/mol. The van der Waals surface area contributed by atoms with Gasteiger partial charge in [0.15, 0.2) is 34.4 Å². The lowest BCUT2D eigenvalue weighted by Crippen LogP contribution is -2.36. The molecule has 0 atom stereocenters. The summed E-state index contributed by atoms with van der Waals surface area (Å²) >= 11 is 6.07. The normalized spacial score (nSPS) is 10.9. The zero-order chi connectivity index (χ0) is 46.5. The van der Waals surface area contributed by atoms with Crippen molar-refractivity contribution in [3.05, 3.63) is 117 Å². The number of methoxy groups -OCH3 is 1. The Balaban J connectivity index is 0.000000292. The highest BCUT2D eigenvalue weighted by atomic mass is 79.9. The summed E-state index contributed by atoms with van der Waals surface area (Å²) in [6, 6.07) is 9.71. The number of carboxylic acids is 1. The van der Waals surface area contributed by atoms with Crippen molar-refractivity contribution in [1.82, 2.24) is 29.9 Å². The van der Waals surface area contributed by atoms with Crippen molar-refractivity contribution in [2.24, 2.45) is 0 Å². The van der Waals surface area contributed by atoms with Crippen molar-refractivity contribution in [2.45, 2.75) is 11.4 Å². The molecule has 0 bridgehead atoms. The molecule has 5 rings (SSSR count). The molecule has 0 radical (unpaired) electrons. The highest BCUT2D eigenvalue weighted by Crippen LogP contribution is 2.28. The van der Waals surface area contributed by atoms with Crippen LogP contribution in [-0.4, -0.2) is 79.5 Å². The fourth-order valence-corrected chi connectivity index (χ4v) is 4.24. The summed E-state index contributed by atoms with van der Waals surface area (Å²) in [7, 11) is -5.71. The lowest BCUT2D eigenvalue weighted by atomic mass is 10.3. The number of benzene rings is 2. The lowest BCUT2D eigenvalue weighted by Gasteiger charge is -2.08. The molecule has 0 aliphatic carbocycles. The standard InChI is InChI=1S/C12H6F5N3O.C11H8BrFN4O.C5H4BrN3O2.C3H3F3O4S/c13-6-1-3-7(4-2-6)19-11(21)9-10(14)18-5-8(20-9)12(15,16)17;12-8-5-15-10(14)9(17-8)11(18)16-7-3-1-6(13)2-4-7;6-2-1-8-4(7)3(9-2)5(10)11;1-10-2(7)3(4,5)11(6,8)9/h1-5H,(H,19,21);1-5H,(H2,14,15)(H,16,18);1H,(H2,7,8)(H,10,11);1H3. The second kappa shape index (κ2) is 21.6. The van der Waals surface area contributed by atoms with E-state index in [1.165, 1.54) is 36.7 Å². The van der Waals surface area contributed by atoms with Gasteiger partial charge in [-0.05, 0) is 80.4 Å². The van der Waals surface area contributed by atoms with Crippen LogP contribution in [0.3, 0.4) is 0 Å². The maximum atomic E-state index is 13.3. The van der Waals surface area contributed by atoms with Crippen molar-refractivity contribution in [3.8, 4) is 0 Å². The predicted octanol–water partition coefficient (Wildman–Crippen LogP) is 5.81. The summed E-state index contributed by atoms with van der Waals surface area (Å²) in [5, 5.41) is 8.01. The number of carbonyl (C=O) groups excluding carboxylic acids is 3. The molecule has 7 N–H and O–H groups in total. The van der Waals surface area contributed by atoms with Gasteiger partial charge in [0.1, 0.15) is 20.8 Å². The average Bonchev–Trinajstić information content (AvgIpc) is 3.18. The Morgan fingerprint density at radius 2 is 1.10 bits per heavy atom. The molecular weight excluding hydrogens is 1000 g/mol. The number of carbonyl (C=O) groups is 4. The van der Waals surface area contributed by atoms with Gasteiger partial charge in [0.2, 0.25) is 5.95 Å². The number of halogens is 11. The molecule has 5 aromatic rings. The number of nitrogens with two attached hydrogens (primary N) is 2. The topological polar surface area (TPSA) is 285 Å². The molecule has 0 saturated carbocycles. The van der Waals surface area contributed by atoms with Gasteiger partial charge in [0.05, 0.1) is 25.7 Å². The molecule has 3 heterocycles. The molecule has 0 spiro atoms. The second-order valence-electron chi connectivity index (χ2n) is 10.4. The molecule has 326 valence electrons. The number of rotatable bonds is 7. The van der Waals surface area contributed by atoms with E-state index in [2.05, 4.69) is 77.1 Å². The molecule has 2 amide bonds. The molecule has 0 saturated heterocycles. The number of esters is 1. The Kier molecular flexibility index (Phi) is 17.9. The first kappa shape index (κ1) is 50.6. The van der Waals surface area contributed by atoms with Crippen LogP contribution >= 0.6 is 31.9 Å². The highest BCUT2D eigenvalue weighted by molar-refractivity contribution is 9.10. The molecule has 0 unspecified atom stereocenters. The third kappa shape index (κ3) is 15.5. The molecule has 30 heteroatoms. The van der Waals surface area contributed by atoms with E-state index in [0.29, 0.717) is 22.0 Å². The quantitative estimate of drug-likeness (QED) is 0.0730. The van der Waals surface area contributed by atoms with E-state index in [4.69, 9.17) is 16.6 Å². The number of aromatic carboxylic acids is 1. The number of amides is 2. The smallest absolute Gasteiger partial charge is 0.470 e. The monoisotopic (exact) mass is 1020 g/mol. The number of nitrogens with one attached hydrogen (secondary N) is 2. The summed E-state index contributed by atoms with van der Waals surface area (Å²) in [6.45, 7) is 0. The third-order valence-corrected chi connectivity index (χ3v) is 7.67. The van der Waals surface area contributed by atoms with Gasteiger partial charge in [0, 0.05) is 11.4 Å². The first-order valence-electron chi connectivity index (χ1n) is 15.1. The minimum atomic E-state index is -6.22. The first-order chi connectivity index (χ1) is 28.2. The fraction of sp³-hybridized carbons (Fsp3) is 0.0968. The second-order valence-corrected chi connectivity index (χ2v) is 13.4. The van der Waals surface area contributed by atoms with E-state index in [0.717, 1.165) is 24.3 Å². The minimum Gasteiger partial charge on any atom is -0.476 e. The maximum absolute atomic E-state index is 13.3. The zero-order valence-electron chi connectivity index (χ0n) is 29.6. The molecule has 18 nitrogen and oxygen atoms in total. The van der Waals surface area contributed by atoms with Crippen LogP contribution in [0.4, 0.5) is 62.0 Å². The van der Waals surface area contributed by atoms with Crippen molar-refractivity contribution in [3.63, 3.8) is 0 Å². The van der Waals surface area contributed by atoms with Crippen LogP contribution in [0, 0.1) is 17.6 Å². The molecule has 61 heavy (non-hydrogen) atoms. The average molecular weight is 1020 g/mol. The number of nitrogens with zero attached hydrogens (tertiary/aromatic N) is 6. The van der Waals surface area contributed by atoms with Crippen molar-refractivity contribution in [1.29, 1.82) is 0 Å². The number of aromatic nitrogens is 6.